The molecule has 0 heterocycles. The summed E-state index contributed by atoms with van der Waals surface area (Å²) in [6.45, 7) is 3.51. The van der Waals surface area contributed by atoms with Crippen LogP contribution in [0.5, 0.6) is 0 Å². The number of Topliss-reactive ketones (excluding diaryl/α,β-unsaturated/α-hetero) is 2. The van der Waals surface area contributed by atoms with Crippen LogP contribution in [-0.4, -0.2) is 11.6 Å². The molecular weight excluding hydrogens is 248 g/mol. The van der Waals surface area contributed by atoms with Crippen LogP contribution in [0.2, 0.25) is 0 Å². The Morgan fingerprint density at radius 3 is 1.50 bits per heavy atom. The van der Waals surface area contributed by atoms with Crippen molar-refractivity contribution in [3.63, 3.8) is 0 Å². The van der Waals surface area contributed by atoms with Crippen LogP contribution in [0.15, 0.2) is 0 Å². The maximum absolute atomic E-state index is 12.6. The lowest BCUT2D eigenvalue weighted by atomic mass is 9.43. The van der Waals surface area contributed by atoms with Gasteiger partial charge in [-0.25, -0.2) is 0 Å². The minimum Gasteiger partial charge on any atom is -0.299 e. The average Bonchev–Trinajstić information content (AvgIpc) is 2.44. The zero-order valence-electron chi connectivity index (χ0n) is 13.0. The Morgan fingerprint density at radius 1 is 0.750 bits per heavy atom. The predicted molar refractivity (Wildman–Crippen MR) is 79.4 cm³/mol. The van der Waals surface area contributed by atoms with Crippen molar-refractivity contribution in [1.29, 1.82) is 0 Å². The highest BCUT2D eigenvalue weighted by molar-refractivity contribution is 5.94. The van der Waals surface area contributed by atoms with Crippen molar-refractivity contribution >= 4 is 11.6 Å². The molecule has 3 saturated carbocycles. The number of hydrogen-bond acceptors (Lipinski definition) is 2. The fraction of sp³-hybridized carbons (Fsp3) is 0.889. The third kappa shape index (κ3) is 1.83. The van der Waals surface area contributed by atoms with Gasteiger partial charge >= 0.3 is 0 Å². The molecule has 112 valence electrons. The predicted octanol–water partition coefficient (Wildman–Crippen LogP) is 4.31. The summed E-state index contributed by atoms with van der Waals surface area (Å²) >= 11 is 0. The van der Waals surface area contributed by atoms with Gasteiger partial charge in [0.1, 0.15) is 11.6 Å². The van der Waals surface area contributed by atoms with Gasteiger partial charge in [0.25, 0.3) is 0 Å². The molecule has 3 rings (SSSR count). The molecule has 0 spiro atoms. The third-order valence-electron chi connectivity index (χ3n) is 7.01. The van der Waals surface area contributed by atoms with Crippen LogP contribution in [0.25, 0.3) is 0 Å². The zero-order valence-corrected chi connectivity index (χ0v) is 13.0. The normalized spacial score (nSPS) is 44.3. The van der Waals surface area contributed by atoms with Gasteiger partial charge in [0.15, 0.2) is 0 Å². The summed E-state index contributed by atoms with van der Waals surface area (Å²) in [6.07, 6.45) is 11.4. The molecule has 0 aromatic heterocycles. The fourth-order valence-corrected chi connectivity index (χ4v) is 5.96. The van der Waals surface area contributed by atoms with Crippen LogP contribution >= 0.6 is 0 Å². The Labute approximate surface area is 122 Å². The highest BCUT2D eigenvalue weighted by Crippen LogP contribution is 2.64. The lowest BCUT2D eigenvalue weighted by molar-refractivity contribution is -0.167. The minimum absolute atomic E-state index is 0.302. The van der Waals surface area contributed by atoms with E-state index >= 15 is 0 Å². The summed E-state index contributed by atoms with van der Waals surface area (Å²) in [6, 6.07) is 0. The molecule has 0 N–H and O–H groups in total. The van der Waals surface area contributed by atoms with Crippen LogP contribution in [0, 0.1) is 22.7 Å². The molecule has 20 heavy (non-hydrogen) atoms. The monoisotopic (exact) mass is 276 g/mol. The van der Waals surface area contributed by atoms with Crippen LogP contribution in [0.3, 0.4) is 0 Å². The van der Waals surface area contributed by atoms with Gasteiger partial charge in [-0.05, 0) is 51.4 Å². The van der Waals surface area contributed by atoms with Gasteiger partial charge in [-0.3, -0.25) is 9.59 Å². The van der Waals surface area contributed by atoms with Crippen LogP contribution in [0.1, 0.15) is 78.1 Å². The summed E-state index contributed by atoms with van der Waals surface area (Å²) in [5.74, 6) is 2.02. The first-order chi connectivity index (χ1) is 9.52. The summed E-state index contributed by atoms with van der Waals surface area (Å²) in [7, 11) is 0. The van der Waals surface area contributed by atoms with Gasteiger partial charge in [0.2, 0.25) is 0 Å². The zero-order chi connectivity index (χ0) is 14.4. The molecule has 0 bridgehead atoms. The van der Waals surface area contributed by atoms with Gasteiger partial charge in [-0.15, -0.1) is 0 Å². The number of rotatable bonds is 2. The summed E-state index contributed by atoms with van der Waals surface area (Å²) < 4.78 is 0. The van der Waals surface area contributed by atoms with Crippen LogP contribution in [-0.2, 0) is 9.59 Å². The maximum atomic E-state index is 12.6. The largest absolute Gasteiger partial charge is 0.299 e. The molecule has 3 fully saturated rings. The third-order valence-corrected chi connectivity index (χ3v) is 7.01. The molecule has 2 heteroatoms. The molecule has 2 nitrogen and oxygen atoms in total. The first kappa shape index (κ1) is 14.3. The van der Waals surface area contributed by atoms with Crippen LogP contribution < -0.4 is 0 Å². The molecule has 0 amide bonds. The second-order valence-electron chi connectivity index (χ2n) is 7.70. The Balaban J connectivity index is 2.04. The van der Waals surface area contributed by atoms with Crippen molar-refractivity contribution in [2.75, 3.05) is 0 Å². The average molecular weight is 276 g/mol. The molecule has 0 radical (unpaired) electrons. The van der Waals surface area contributed by atoms with Gasteiger partial charge in [-0.1, -0.05) is 38.5 Å². The highest BCUT2D eigenvalue weighted by Gasteiger charge is 2.62. The summed E-state index contributed by atoms with van der Waals surface area (Å²) in [5.41, 5.74) is -0.620. The second-order valence-corrected chi connectivity index (χ2v) is 7.70. The number of hydrogen-bond donors (Lipinski definition) is 0. The van der Waals surface area contributed by atoms with E-state index in [-0.39, 0.29) is 10.8 Å². The van der Waals surface area contributed by atoms with E-state index < -0.39 is 0 Å². The molecule has 4 atom stereocenters. The molecule has 0 saturated heterocycles. The lowest BCUT2D eigenvalue weighted by Crippen LogP contribution is -2.58. The van der Waals surface area contributed by atoms with E-state index in [1.165, 1.54) is 25.7 Å². The van der Waals surface area contributed by atoms with Gasteiger partial charge in [0.05, 0.1) is 0 Å². The van der Waals surface area contributed by atoms with E-state index in [1.807, 2.05) is 0 Å². The van der Waals surface area contributed by atoms with Crippen molar-refractivity contribution in [3.8, 4) is 0 Å². The number of carbonyl (C=O) groups excluding carboxylic acids is 2. The SMILES string of the molecule is CC(=O)C12CCCCC1(C(C)=O)CC1CCCCC1C2. The second kappa shape index (κ2) is 4.96. The minimum atomic E-state index is -0.310. The van der Waals surface area contributed by atoms with E-state index in [0.717, 1.165) is 38.5 Å². The van der Waals surface area contributed by atoms with Crippen molar-refractivity contribution in [2.24, 2.45) is 22.7 Å². The fourth-order valence-electron chi connectivity index (χ4n) is 5.96. The number of carbonyl (C=O) groups is 2. The van der Waals surface area contributed by atoms with E-state index in [2.05, 4.69) is 0 Å². The van der Waals surface area contributed by atoms with Crippen molar-refractivity contribution in [2.45, 2.75) is 78.1 Å². The summed E-state index contributed by atoms with van der Waals surface area (Å²) in [4.78, 5) is 25.2. The topological polar surface area (TPSA) is 34.1 Å². The maximum Gasteiger partial charge on any atom is 0.136 e. The van der Waals surface area contributed by atoms with E-state index in [4.69, 9.17) is 0 Å². The van der Waals surface area contributed by atoms with Crippen molar-refractivity contribution < 1.29 is 9.59 Å². The molecule has 3 aliphatic carbocycles. The molecule has 0 aliphatic heterocycles. The summed E-state index contributed by atoms with van der Waals surface area (Å²) in [5, 5.41) is 0. The molecule has 0 aromatic rings. The van der Waals surface area contributed by atoms with E-state index in [1.54, 1.807) is 13.8 Å². The Morgan fingerprint density at radius 2 is 1.15 bits per heavy atom. The molecule has 0 aromatic carbocycles. The van der Waals surface area contributed by atoms with Crippen molar-refractivity contribution in [1.82, 2.24) is 0 Å². The highest BCUT2D eigenvalue weighted by atomic mass is 16.1. The smallest absolute Gasteiger partial charge is 0.136 e. The van der Waals surface area contributed by atoms with E-state index in [0.29, 0.717) is 23.4 Å². The van der Waals surface area contributed by atoms with Crippen molar-refractivity contribution in [3.05, 3.63) is 0 Å². The first-order valence-electron chi connectivity index (χ1n) is 8.54. The first-order valence-corrected chi connectivity index (χ1v) is 8.54. The lowest BCUT2D eigenvalue weighted by Gasteiger charge is -2.59. The Bertz CT molecular complexity index is 387. The van der Waals surface area contributed by atoms with Gasteiger partial charge in [0, 0.05) is 10.8 Å². The quantitative estimate of drug-likeness (QED) is 0.753. The Kier molecular flexibility index (Phi) is 3.54. The molecule has 3 aliphatic rings. The Hall–Kier alpha value is -0.660. The van der Waals surface area contributed by atoms with Gasteiger partial charge < -0.3 is 0 Å². The van der Waals surface area contributed by atoms with Gasteiger partial charge in [-0.2, -0.15) is 0 Å². The molecular formula is C18H28O2. The number of ketones is 2. The molecule has 4 unspecified atom stereocenters. The number of fused-ring (bicyclic) bond motifs is 2. The van der Waals surface area contributed by atoms with Crippen LogP contribution in [0.4, 0.5) is 0 Å². The standard InChI is InChI=1S/C18H28O2/c1-13(19)17-9-5-6-10-18(17,14(2)20)12-16-8-4-3-7-15(16)11-17/h15-16H,3-12H2,1-2H3. The van der Waals surface area contributed by atoms with E-state index in [9.17, 15) is 9.59 Å².